The Hall–Kier alpha value is -3.10. The quantitative estimate of drug-likeness (QED) is 0.514. The molecule has 2 aromatic heterocycles. The highest BCUT2D eigenvalue weighted by atomic mass is 35.5. The van der Waals surface area contributed by atoms with Gasteiger partial charge in [-0.2, -0.15) is 5.21 Å². The molecule has 2 heterocycles. The van der Waals surface area contributed by atoms with Crippen LogP contribution < -0.4 is 5.32 Å². The highest BCUT2D eigenvalue weighted by Crippen LogP contribution is 2.30. The van der Waals surface area contributed by atoms with Crippen molar-refractivity contribution in [2.24, 2.45) is 0 Å². The zero-order valence-electron chi connectivity index (χ0n) is 13.7. The summed E-state index contributed by atoms with van der Waals surface area (Å²) in [5.74, 6) is 0.391. The number of furan rings is 1. The van der Waals surface area contributed by atoms with E-state index >= 15 is 0 Å². The van der Waals surface area contributed by atoms with Gasteiger partial charge >= 0.3 is 0 Å². The lowest BCUT2D eigenvalue weighted by Crippen LogP contribution is -2.10. The van der Waals surface area contributed by atoms with Crippen LogP contribution >= 0.6 is 23.4 Å². The van der Waals surface area contributed by atoms with Crippen LogP contribution in [0.5, 0.6) is 0 Å². The molecule has 0 spiro atoms. The number of H-pyrrole nitrogens is 1. The molecule has 0 fully saturated rings. The van der Waals surface area contributed by atoms with Gasteiger partial charge in [-0.25, -0.2) is 0 Å². The molecule has 0 saturated carbocycles. The molecule has 27 heavy (non-hydrogen) atoms. The lowest BCUT2D eigenvalue weighted by molar-refractivity contribution is 0.0992. The van der Waals surface area contributed by atoms with Crippen molar-refractivity contribution in [3.63, 3.8) is 0 Å². The summed E-state index contributed by atoms with van der Waals surface area (Å²) < 4.78 is 5.62. The normalized spacial score (nSPS) is 10.7. The number of nitrogens with zero attached hydrogens (tertiary/aromatic N) is 3. The minimum Gasteiger partial charge on any atom is -0.444 e. The van der Waals surface area contributed by atoms with Gasteiger partial charge < -0.3 is 9.73 Å². The van der Waals surface area contributed by atoms with Crippen molar-refractivity contribution in [1.82, 2.24) is 20.6 Å². The number of nitrogens with one attached hydrogen (secondary N) is 2. The number of amides is 1. The van der Waals surface area contributed by atoms with Gasteiger partial charge in [-0.05, 0) is 65.9 Å². The van der Waals surface area contributed by atoms with Crippen LogP contribution in [0.2, 0.25) is 5.02 Å². The Morgan fingerprint density at radius 3 is 2.52 bits per heavy atom. The molecule has 9 heteroatoms. The molecule has 0 saturated heterocycles. The number of aromatic nitrogens is 4. The van der Waals surface area contributed by atoms with Crippen molar-refractivity contribution < 1.29 is 9.21 Å². The molecule has 1 amide bonds. The van der Waals surface area contributed by atoms with Crippen molar-refractivity contribution >= 4 is 35.0 Å². The van der Waals surface area contributed by atoms with Gasteiger partial charge in [-0.3, -0.25) is 4.79 Å². The Kier molecular flexibility index (Phi) is 4.91. The number of hydrogen-bond donors (Lipinski definition) is 2. The number of aromatic amines is 1. The van der Waals surface area contributed by atoms with E-state index < -0.39 is 0 Å². The Morgan fingerprint density at radius 1 is 1.04 bits per heavy atom. The minimum atomic E-state index is -0.328. The summed E-state index contributed by atoms with van der Waals surface area (Å²) in [6, 6.07) is 17.9. The van der Waals surface area contributed by atoms with E-state index in [9.17, 15) is 4.79 Å². The monoisotopic (exact) mass is 397 g/mol. The summed E-state index contributed by atoms with van der Waals surface area (Å²) in [5, 5.41) is 17.8. The first-order valence-electron chi connectivity index (χ1n) is 7.86. The SMILES string of the molecule is O=C(Nc1ccc(-c2nn[nH]n2)cc1)c1ccc(Sc2ccc(Cl)cc2)o1. The predicted octanol–water partition coefficient (Wildman–Crippen LogP) is 4.52. The second-order valence-corrected chi connectivity index (χ2v) is 6.96. The zero-order chi connectivity index (χ0) is 18.6. The summed E-state index contributed by atoms with van der Waals surface area (Å²) in [6.07, 6.45) is 0. The molecular weight excluding hydrogens is 386 g/mol. The second-order valence-electron chi connectivity index (χ2n) is 5.44. The number of carbonyl (C=O) groups is 1. The number of benzene rings is 2. The van der Waals surface area contributed by atoms with Gasteiger partial charge in [-0.1, -0.05) is 23.4 Å². The summed E-state index contributed by atoms with van der Waals surface area (Å²) in [6.45, 7) is 0. The molecule has 2 N–H and O–H groups in total. The third-order valence-corrected chi connectivity index (χ3v) is 4.76. The third kappa shape index (κ3) is 4.18. The van der Waals surface area contributed by atoms with Gasteiger partial charge in [0.05, 0.1) is 0 Å². The largest absolute Gasteiger partial charge is 0.444 e. The first-order valence-corrected chi connectivity index (χ1v) is 9.05. The van der Waals surface area contributed by atoms with E-state index in [-0.39, 0.29) is 11.7 Å². The molecule has 2 aromatic carbocycles. The van der Waals surface area contributed by atoms with Crippen molar-refractivity contribution in [3.05, 3.63) is 71.4 Å². The fourth-order valence-corrected chi connectivity index (χ4v) is 3.19. The van der Waals surface area contributed by atoms with Gasteiger partial charge in [0, 0.05) is 21.2 Å². The molecule has 4 aromatic rings. The molecule has 7 nitrogen and oxygen atoms in total. The Bertz CT molecular complexity index is 1050. The third-order valence-electron chi connectivity index (χ3n) is 3.58. The van der Waals surface area contributed by atoms with E-state index in [1.807, 2.05) is 12.1 Å². The molecule has 0 aliphatic heterocycles. The van der Waals surface area contributed by atoms with Crippen molar-refractivity contribution in [1.29, 1.82) is 0 Å². The molecule has 0 unspecified atom stereocenters. The standard InChI is InChI=1S/C18H12ClN5O2S/c19-12-3-7-14(8-4-12)27-16-10-9-15(26-16)18(25)20-13-5-1-11(2-6-13)17-21-23-24-22-17/h1-10H,(H,20,25)(H,21,22,23,24). The maximum Gasteiger partial charge on any atom is 0.291 e. The fraction of sp³-hybridized carbons (Fsp3) is 0. The first-order chi connectivity index (χ1) is 13.2. The van der Waals surface area contributed by atoms with Crippen molar-refractivity contribution in [2.45, 2.75) is 9.99 Å². The van der Waals surface area contributed by atoms with E-state index in [0.29, 0.717) is 21.6 Å². The summed E-state index contributed by atoms with van der Waals surface area (Å²) in [5.41, 5.74) is 1.43. The number of hydrogen-bond acceptors (Lipinski definition) is 6. The second kappa shape index (κ2) is 7.65. The van der Waals surface area contributed by atoms with Gasteiger partial charge in [0.1, 0.15) is 0 Å². The van der Waals surface area contributed by atoms with Gasteiger partial charge in [0.25, 0.3) is 5.91 Å². The molecule has 134 valence electrons. The van der Waals surface area contributed by atoms with Crippen LogP contribution in [-0.2, 0) is 0 Å². The molecular formula is C18H12ClN5O2S. The van der Waals surface area contributed by atoms with Crippen LogP contribution in [0.4, 0.5) is 5.69 Å². The fourth-order valence-electron chi connectivity index (χ4n) is 2.30. The van der Waals surface area contributed by atoms with E-state index in [4.69, 9.17) is 16.0 Å². The maximum absolute atomic E-state index is 12.4. The molecule has 0 atom stereocenters. The predicted molar refractivity (Wildman–Crippen MR) is 102 cm³/mol. The van der Waals surface area contributed by atoms with Crippen LogP contribution in [0.1, 0.15) is 10.6 Å². The maximum atomic E-state index is 12.4. The smallest absolute Gasteiger partial charge is 0.291 e. The van der Waals surface area contributed by atoms with E-state index in [1.165, 1.54) is 11.8 Å². The van der Waals surface area contributed by atoms with Crippen LogP contribution in [0.15, 0.2) is 75.1 Å². The molecule has 0 aliphatic carbocycles. The molecule has 0 aliphatic rings. The Balaban J connectivity index is 1.41. The van der Waals surface area contributed by atoms with E-state index in [0.717, 1.165) is 10.5 Å². The van der Waals surface area contributed by atoms with E-state index in [2.05, 4.69) is 25.9 Å². The van der Waals surface area contributed by atoms with Gasteiger partial charge in [-0.15, -0.1) is 10.2 Å². The van der Waals surface area contributed by atoms with Crippen molar-refractivity contribution in [2.75, 3.05) is 5.32 Å². The van der Waals surface area contributed by atoms with Crippen LogP contribution in [0.3, 0.4) is 0 Å². The van der Waals surface area contributed by atoms with Gasteiger partial charge in [0.15, 0.2) is 10.9 Å². The first kappa shape index (κ1) is 17.3. The molecule has 0 bridgehead atoms. The van der Waals surface area contributed by atoms with Gasteiger partial charge in [0.2, 0.25) is 5.82 Å². The van der Waals surface area contributed by atoms with Crippen molar-refractivity contribution in [3.8, 4) is 11.4 Å². The molecule has 4 rings (SSSR count). The zero-order valence-corrected chi connectivity index (χ0v) is 15.3. The lowest BCUT2D eigenvalue weighted by atomic mass is 10.2. The van der Waals surface area contributed by atoms with Crippen LogP contribution in [0.25, 0.3) is 11.4 Å². The number of halogens is 1. The number of anilines is 1. The highest BCUT2D eigenvalue weighted by molar-refractivity contribution is 7.99. The lowest BCUT2D eigenvalue weighted by Gasteiger charge is -2.04. The van der Waals surface area contributed by atoms with Crippen LogP contribution in [0, 0.1) is 0 Å². The molecule has 0 radical (unpaired) electrons. The Morgan fingerprint density at radius 2 is 1.81 bits per heavy atom. The topological polar surface area (TPSA) is 96.7 Å². The summed E-state index contributed by atoms with van der Waals surface area (Å²) in [4.78, 5) is 13.3. The van der Waals surface area contributed by atoms with Crippen LogP contribution in [-0.4, -0.2) is 26.5 Å². The number of rotatable bonds is 5. The Labute approximate surface area is 163 Å². The average Bonchev–Trinajstić information content (AvgIpc) is 3.36. The number of tetrazole rings is 1. The summed E-state index contributed by atoms with van der Waals surface area (Å²) in [7, 11) is 0. The minimum absolute atomic E-state index is 0.230. The average molecular weight is 398 g/mol. The highest BCUT2D eigenvalue weighted by Gasteiger charge is 2.13. The number of carbonyl (C=O) groups excluding carboxylic acids is 1. The summed E-state index contributed by atoms with van der Waals surface area (Å²) >= 11 is 7.29. The van der Waals surface area contributed by atoms with E-state index in [1.54, 1.807) is 48.5 Å².